The summed E-state index contributed by atoms with van der Waals surface area (Å²) in [6.45, 7) is 4.20. The molecule has 1 aliphatic rings. The van der Waals surface area contributed by atoms with Crippen molar-refractivity contribution >= 4 is 5.97 Å². The largest absolute Gasteiger partial charge is 0.496 e. The first-order valence-corrected chi connectivity index (χ1v) is 6.73. The Morgan fingerprint density at radius 2 is 2.21 bits per heavy atom. The number of nitrogens with one attached hydrogen (secondary N) is 1. The van der Waals surface area contributed by atoms with Crippen molar-refractivity contribution in [2.45, 2.75) is 38.8 Å². The maximum absolute atomic E-state index is 12.1. The van der Waals surface area contributed by atoms with Crippen molar-refractivity contribution in [2.24, 2.45) is 0 Å². The van der Waals surface area contributed by atoms with Crippen LogP contribution >= 0.6 is 0 Å². The van der Waals surface area contributed by atoms with E-state index in [2.05, 4.69) is 5.32 Å². The Kier molecular flexibility index (Phi) is 4.43. The van der Waals surface area contributed by atoms with E-state index in [9.17, 15) is 4.79 Å². The molecule has 0 bridgehead atoms. The van der Waals surface area contributed by atoms with Gasteiger partial charge in [-0.05, 0) is 43.9 Å². The van der Waals surface area contributed by atoms with E-state index in [0.29, 0.717) is 12.6 Å². The van der Waals surface area contributed by atoms with Crippen LogP contribution < -0.4 is 10.1 Å². The molecule has 0 saturated heterocycles. The maximum atomic E-state index is 12.1. The van der Waals surface area contributed by atoms with Crippen LogP contribution in [0, 0.1) is 6.92 Å². The van der Waals surface area contributed by atoms with Crippen LogP contribution in [-0.4, -0.2) is 25.7 Å². The minimum absolute atomic E-state index is 0.209. The summed E-state index contributed by atoms with van der Waals surface area (Å²) in [5.41, 5.74) is 1.95. The number of aryl methyl sites for hydroxylation is 1. The van der Waals surface area contributed by atoms with Crippen LogP contribution in [0.3, 0.4) is 0 Å². The van der Waals surface area contributed by atoms with E-state index in [1.165, 1.54) is 0 Å². The monoisotopic (exact) mass is 263 g/mol. The summed E-state index contributed by atoms with van der Waals surface area (Å²) >= 11 is 0. The fourth-order valence-electron chi connectivity index (χ4n) is 2.09. The van der Waals surface area contributed by atoms with Gasteiger partial charge < -0.3 is 9.47 Å². The predicted molar refractivity (Wildman–Crippen MR) is 73.3 cm³/mol. The molecule has 0 spiro atoms. The molecule has 1 fully saturated rings. The number of esters is 1. The molecule has 0 radical (unpaired) electrons. The molecule has 1 atom stereocenters. The lowest BCUT2D eigenvalue weighted by Crippen LogP contribution is -2.31. The molecule has 0 aliphatic heterocycles. The lowest BCUT2D eigenvalue weighted by molar-refractivity contribution is -0.145. The number of hydrogen-bond donors (Lipinski definition) is 1. The van der Waals surface area contributed by atoms with Crippen LogP contribution in [-0.2, 0) is 9.53 Å². The van der Waals surface area contributed by atoms with E-state index >= 15 is 0 Å². The first-order valence-electron chi connectivity index (χ1n) is 6.73. The zero-order chi connectivity index (χ0) is 13.8. The molecule has 1 aromatic carbocycles. The van der Waals surface area contributed by atoms with E-state index in [0.717, 1.165) is 29.7 Å². The van der Waals surface area contributed by atoms with Gasteiger partial charge >= 0.3 is 5.97 Å². The highest BCUT2D eigenvalue weighted by Gasteiger charge is 2.30. The van der Waals surface area contributed by atoms with Crippen LogP contribution in [0.25, 0.3) is 0 Å². The van der Waals surface area contributed by atoms with Gasteiger partial charge in [-0.25, -0.2) is 4.79 Å². The molecule has 0 amide bonds. The fraction of sp³-hybridized carbons (Fsp3) is 0.533. The number of ether oxygens (including phenoxy) is 2. The maximum Gasteiger partial charge on any atom is 0.327 e. The molecule has 1 N–H and O–H groups in total. The van der Waals surface area contributed by atoms with Gasteiger partial charge in [0.05, 0.1) is 13.7 Å². The van der Waals surface area contributed by atoms with Crippen molar-refractivity contribution in [3.63, 3.8) is 0 Å². The van der Waals surface area contributed by atoms with Gasteiger partial charge in [-0.2, -0.15) is 0 Å². The molecule has 19 heavy (non-hydrogen) atoms. The van der Waals surface area contributed by atoms with Gasteiger partial charge in [0, 0.05) is 6.04 Å². The smallest absolute Gasteiger partial charge is 0.327 e. The molecule has 2 rings (SSSR count). The van der Waals surface area contributed by atoms with E-state index in [1.807, 2.05) is 32.0 Å². The summed E-state index contributed by atoms with van der Waals surface area (Å²) in [5.74, 6) is 0.622. The van der Waals surface area contributed by atoms with Gasteiger partial charge in [-0.15, -0.1) is 0 Å². The zero-order valence-electron chi connectivity index (χ0n) is 11.7. The van der Waals surface area contributed by atoms with E-state index < -0.39 is 0 Å². The van der Waals surface area contributed by atoms with E-state index in [1.54, 1.807) is 7.11 Å². The Morgan fingerprint density at radius 3 is 2.74 bits per heavy atom. The fourth-order valence-corrected chi connectivity index (χ4v) is 2.09. The third-order valence-electron chi connectivity index (χ3n) is 3.25. The number of carbonyl (C=O) groups excluding carboxylic acids is 1. The number of methoxy groups -OCH3 is 1. The van der Waals surface area contributed by atoms with Gasteiger partial charge in [-0.3, -0.25) is 5.32 Å². The third kappa shape index (κ3) is 3.47. The van der Waals surface area contributed by atoms with Gasteiger partial charge in [-0.1, -0.05) is 12.1 Å². The Balaban J connectivity index is 2.20. The minimum Gasteiger partial charge on any atom is -0.496 e. The highest BCUT2D eigenvalue weighted by molar-refractivity contribution is 5.78. The number of rotatable bonds is 6. The molecule has 1 aromatic rings. The molecule has 4 heteroatoms. The van der Waals surface area contributed by atoms with Gasteiger partial charge in [0.25, 0.3) is 0 Å². The molecule has 4 nitrogen and oxygen atoms in total. The van der Waals surface area contributed by atoms with Crippen LogP contribution in [0.2, 0.25) is 0 Å². The lowest BCUT2D eigenvalue weighted by atomic mass is 10.0. The topological polar surface area (TPSA) is 47.6 Å². The minimum atomic E-state index is -0.378. The summed E-state index contributed by atoms with van der Waals surface area (Å²) in [6.07, 6.45) is 2.26. The second-order valence-electron chi connectivity index (χ2n) is 4.86. The average molecular weight is 263 g/mol. The number of hydrogen-bond acceptors (Lipinski definition) is 4. The second-order valence-corrected chi connectivity index (χ2v) is 4.86. The van der Waals surface area contributed by atoms with Crippen molar-refractivity contribution in [1.82, 2.24) is 5.32 Å². The SMILES string of the molecule is CCOC(=O)C(NC1CC1)c1ccc(OC)c(C)c1. The van der Waals surface area contributed by atoms with E-state index in [4.69, 9.17) is 9.47 Å². The lowest BCUT2D eigenvalue weighted by Gasteiger charge is -2.18. The van der Waals surface area contributed by atoms with Crippen molar-refractivity contribution in [1.29, 1.82) is 0 Å². The molecular formula is C15H21NO3. The number of benzene rings is 1. The average Bonchev–Trinajstić information content (AvgIpc) is 3.20. The quantitative estimate of drug-likeness (QED) is 0.800. The summed E-state index contributed by atoms with van der Waals surface area (Å²) in [4.78, 5) is 12.1. The molecule has 1 unspecified atom stereocenters. The Morgan fingerprint density at radius 1 is 1.47 bits per heavy atom. The second kappa shape index (κ2) is 6.06. The summed E-state index contributed by atoms with van der Waals surface area (Å²) < 4.78 is 10.4. The molecule has 1 saturated carbocycles. The van der Waals surface area contributed by atoms with E-state index in [-0.39, 0.29) is 12.0 Å². The summed E-state index contributed by atoms with van der Waals surface area (Å²) in [6, 6.07) is 5.86. The molecular weight excluding hydrogens is 242 g/mol. The Hall–Kier alpha value is -1.55. The molecule has 1 aliphatic carbocycles. The standard InChI is InChI=1S/C15H21NO3/c1-4-19-15(17)14(16-12-6-7-12)11-5-8-13(18-3)10(2)9-11/h5,8-9,12,14,16H,4,6-7H2,1-3H3. The molecule has 104 valence electrons. The predicted octanol–water partition coefficient (Wildman–Crippen LogP) is 2.36. The van der Waals surface area contributed by atoms with Gasteiger partial charge in [0.1, 0.15) is 11.8 Å². The summed E-state index contributed by atoms with van der Waals surface area (Å²) in [5, 5.41) is 3.34. The van der Waals surface area contributed by atoms with Crippen LogP contribution in [0.15, 0.2) is 18.2 Å². The molecule has 0 aromatic heterocycles. The van der Waals surface area contributed by atoms with Crippen molar-refractivity contribution in [3.05, 3.63) is 29.3 Å². The molecule has 0 heterocycles. The van der Waals surface area contributed by atoms with Crippen molar-refractivity contribution < 1.29 is 14.3 Å². The third-order valence-corrected chi connectivity index (χ3v) is 3.25. The van der Waals surface area contributed by atoms with Crippen molar-refractivity contribution in [2.75, 3.05) is 13.7 Å². The Bertz CT molecular complexity index is 455. The van der Waals surface area contributed by atoms with Crippen LogP contribution in [0.4, 0.5) is 0 Å². The first-order chi connectivity index (χ1) is 9.15. The van der Waals surface area contributed by atoms with Gasteiger partial charge in [0.15, 0.2) is 0 Å². The zero-order valence-corrected chi connectivity index (χ0v) is 11.7. The van der Waals surface area contributed by atoms with Gasteiger partial charge in [0.2, 0.25) is 0 Å². The summed E-state index contributed by atoms with van der Waals surface area (Å²) in [7, 11) is 1.65. The number of carbonyl (C=O) groups is 1. The van der Waals surface area contributed by atoms with Crippen LogP contribution in [0.5, 0.6) is 5.75 Å². The normalized spacial score (nSPS) is 15.9. The Labute approximate surface area is 114 Å². The first kappa shape index (κ1) is 13.9. The highest BCUT2D eigenvalue weighted by atomic mass is 16.5. The highest BCUT2D eigenvalue weighted by Crippen LogP contribution is 2.27. The van der Waals surface area contributed by atoms with Crippen molar-refractivity contribution in [3.8, 4) is 5.75 Å². The van der Waals surface area contributed by atoms with Crippen LogP contribution in [0.1, 0.15) is 36.9 Å².